The molecule has 1 aromatic rings. The van der Waals surface area contributed by atoms with Gasteiger partial charge >= 0.3 is 5.97 Å². The van der Waals surface area contributed by atoms with Gasteiger partial charge in [0.05, 0.1) is 5.92 Å². The summed E-state index contributed by atoms with van der Waals surface area (Å²) in [6, 6.07) is 6.49. The third-order valence-corrected chi connectivity index (χ3v) is 3.51. The van der Waals surface area contributed by atoms with Gasteiger partial charge < -0.3 is 5.11 Å². The predicted molar refractivity (Wildman–Crippen MR) is 63.5 cm³/mol. The number of aryl methyl sites for hydroxylation is 2. The van der Waals surface area contributed by atoms with Crippen LogP contribution < -0.4 is 0 Å². The van der Waals surface area contributed by atoms with Crippen LogP contribution in [0, 0.1) is 25.7 Å². The van der Waals surface area contributed by atoms with E-state index in [2.05, 4.69) is 32.0 Å². The zero-order valence-electron chi connectivity index (χ0n) is 9.86. The lowest BCUT2D eigenvalue weighted by molar-refractivity contribution is -0.147. The van der Waals surface area contributed by atoms with Crippen LogP contribution in [0.25, 0.3) is 0 Å². The molecule has 2 heteroatoms. The van der Waals surface area contributed by atoms with Gasteiger partial charge in [-0.3, -0.25) is 4.79 Å². The lowest BCUT2D eigenvalue weighted by Gasteiger charge is -2.33. The number of benzene rings is 1. The van der Waals surface area contributed by atoms with Crippen LogP contribution >= 0.6 is 0 Å². The summed E-state index contributed by atoms with van der Waals surface area (Å²) in [7, 11) is 0. The van der Waals surface area contributed by atoms with Gasteiger partial charge in [-0.1, -0.05) is 29.3 Å². The minimum Gasteiger partial charge on any atom is -0.481 e. The first-order valence-electron chi connectivity index (χ1n) is 5.86. The fourth-order valence-corrected chi connectivity index (χ4v) is 2.63. The molecule has 2 atom stereocenters. The van der Waals surface area contributed by atoms with Crippen LogP contribution in [0.2, 0.25) is 0 Å². The summed E-state index contributed by atoms with van der Waals surface area (Å²) in [5.41, 5.74) is 3.82. The molecule has 1 N–H and O–H groups in total. The van der Waals surface area contributed by atoms with Crippen molar-refractivity contribution in [2.45, 2.75) is 33.1 Å². The molecule has 0 heterocycles. The SMILES string of the molecule is Cc1cc(C)cc(CC2CCC2C(=O)O)c1. The van der Waals surface area contributed by atoms with Crippen molar-refractivity contribution in [2.75, 3.05) is 0 Å². The molecule has 86 valence electrons. The zero-order valence-corrected chi connectivity index (χ0v) is 9.86. The maximum Gasteiger partial charge on any atom is 0.306 e. The average molecular weight is 218 g/mol. The average Bonchev–Trinajstić information content (AvgIpc) is 2.09. The Morgan fingerprint density at radius 1 is 1.25 bits per heavy atom. The maximum atomic E-state index is 10.9. The van der Waals surface area contributed by atoms with E-state index in [9.17, 15) is 4.79 Å². The van der Waals surface area contributed by atoms with Gasteiger partial charge in [-0.05, 0) is 44.6 Å². The first-order valence-corrected chi connectivity index (χ1v) is 5.86. The number of hydrogen-bond acceptors (Lipinski definition) is 1. The number of carboxylic acids is 1. The van der Waals surface area contributed by atoms with Crippen LogP contribution in [0.4, 0.5) is 0 Å². The largest absolute Gasteiger partial charge is 0.481 e. The van der Waals surface area contributed by atoms with Crippen molar-refractivity contribution in [2.24, 2.45) is 11.8 Å². The van der Waals surface area contributed by atoms with E-state index in [-0.39, 0.29) is 5.92 Å². The second-order valence-electron chi connectivity index (χ2n) is 4.98. The highest BCUT2D eigenvalue weighted by atomic mass is 16.4. The van der Waals surface area contributed by atoms with E-state index in [0.29, 0.717) is 5.92 Å². The Hall–Kier alpha value is -1.31. The molecule has 0 spiro atoms. The summed E-state index contributed by atoms with van der Waals surface area (Å²) >= 11 is 0. The number of aliphatic carboxylic acids is 1. The highest BCUT2D eigenvalue weighted by Gasteiger charge is 2.36. The Morgan fingerprint density at radius 2 is 1.88 bits per heavy atom. The van der Waals surface area contributed by atoms with Crippen molar-refractivity contribution >= 4 is 5.97 Å². The Labute approximate surface area is 96.3 Å². The highest BCUT2D eigenvalue weighted by molar-refractivity contribution is 5.71. The lowest BCUT2D eigenvalue weighted by Crippen LogP contribution is -2.34. The molecule has 0 aliphatic heterocycles. The minimum absolute atomic E-state index is 0.110. The number of carbonyl (C=O) groups is 1. The normalized spacial score (nSPS) is 23.9. The topological polar surface area (TPSA) is 37.3 Å². The summed E-state index contributed by atoms with van der Waals surface area (Å²) in [5, 5.41) is 8.99. The molecule has 0 aromatic heterocycles. The molecule has 1 saturated carbocycles. The summed E-state index contributed by atoms with van der Waals surface area (Å²) in [6.07, 6.45) is 2.83. The Balaban J connectivity index is 2.07. The van der Waals surface area contributed by atoms with Gasteiger partial charge in [0.15, 0.2) is 0 Å². The number of rotatable bonds is 3. The highest BCUT2D eigenvalue weighted by Crippen LogP contribution is 2.37. The summed E-state index contributed by atoms with van der Waals surface area (Å²) < 4.78 is 0. The smallest absolute Gasteiger partial charge is 0.306 e. The van der Waals surface area contributed by atoms with Crippen LogP contribution in [0.5, 0.6) is 0 Å². The second kappa shape index (κ2) is 4.28. The molecule has 0 bridgehead atoms. The van der Waals surface area contributed by atoms with Crippen molar-refractivity contribution < 1.29 is 9.90 Å². The summed E-state index contributed by atoms with van der Waals surface area (Å²) in [4.78, 5) is 10.9. The monoisotopic (exact) mass is 218 g/mol. The van der Waals surface area contributed by atoms with Crippen LogP contribution in [0.3, 0.4) is 0 Å². The van der Waals surface area contributed by atoms with Gasteiger partial charge in [0.1, 0.15) is 0 Å². The zero-order chi connectivity index (χ0) is 11.7. The van der Waals surface area contributed by atoms with Gasteiger partial charge in [0.2, 0.25) is 0 Å². The van der Waals surface area contributed by atoms with E-state index < -0.39 is 5.97 Å². The third-order valence-electron chi connectivity index (χ3n) is 3.51. The van der Waals surface area contributed by atoms with E-state index in [1.165, 1.54) is 16.7 Å². The van der Waals surface area contributed by atoms with Crippen molar-refractivity contribution in [1.82, 2.24) is 0 Å². The quantitative estimate of drug-likeness (QED) is 0.846. The first-order chi connectivity index (χ1) is 7.56. The van der Waals surface area contributed by atoms with E-state index in [1.54, 1.807) is 0 Å². The van der Waals surface area contributed by atoms with Gasteiger partial charge in [-0.15, -0.1) is 0 Å². The van der Waals surface area contributed by atoms with Gasteiger partial charge in [-0.25, -0.2) is 0 Å². The number of carboxylic acid groups (broad SMARTS) is 1. The molecule has 2 nitrogen and oxygen atoms in total. The standard InChI is InChI=1S/C14H18O2/c1-9-5-10(2)7-11(6-9)8-12-3-4-13(12)14(15)16/h5-7,12-13H,3-4,8H2,1-2H3,(H,15,16). The van der Waals surface area contributed by atoms with E-state index in [1.807, 2.05) is 0 Å². The van der Waals surface area contributed by atoms with Gasteiger partial charge in [-0.2, -0.15) is 0 Å². The van der Waals surface area contributed by atoms with Crippen molar-refractivity contribution in [3.05, 3.63) is 34.9 Å². The molecule has 0 radical (unpaired) electrons. The van der Waals surface area contributed by atoms with Crippen LogP contribution in [0.1, 0.15) is 29.5 Å². The van der Waals surface area contributed by atoms with Crippen molar-refractivity contribution in [3.63, 3.8) is 0 Å². The third kappa shape index (κ3) is 2.26. The summed E-state index contributed by atoms with van der Waals surface area (Å²) in [6.45, 7) is 4.18. The molecule has 2 unspecified atom stereocenters. The van der Waals surface area contributed by atoms with Crippen LogP contribution in [-0.4, -0.2) is 11.1 Å². The second-order valence-corrected chi connectivity index (χ2v) is 4.98. The molecule has 1 aromatic carbocycles. The molecule has 1 fully saturated rings. The lowest BCUT2D eigenvalue weighted by atomic mass is 9.70. The van der Waals surface area contributed by atoms with E-state index in [0.717, 1.165) is 19.3 Å². The van der Waals surface area contributed by atoms with Crippen molar-refractivity contribution in [1.29, 1.82) is 0 Å². The Kier molecular flexibility index (Phi) is 2.99. The van der Waals surface area contributed by atoms with E-state index in [4.69, 9.17) is 5.11 Å². The summed E-state index contributed by atoms with van der Waals surface area (Å²) in [5.74, 6) is -0.389. The molecule has 0 amide bonds. The fraction of sp³-hybridized carbons (Fsp3) is 0.500. The van der Waals surface area contributed by atoms with E-state index >= 15 is 0 Å². The predicted octanol–water partition coefficient (Wildman–Crippen LogP) is 2.96. The molecule has 16 heavy (non-hydrogen) atoms. The fourth-order valence-electron chi connectivity index (χ4n) is 2.63. The molecular weight excluding hydrogens is 200 g/mol. The Bertz CT molecular complexity index is 389. The first kappa shape index (κ1) is 11.2. The van der Waals surface area contributed by atoms with Crippen LogP contribution in [0.15, 0.2) is 18.2 Å². The van der Waals surface area contributed by atoms with Crippen molar-refractivity contribution in [3.8, 4) is 0 Å². The maximum absolute atomic E-state index is 10.9. The minimum atomic E-state index is -0.624. The molecule has 2 rings (SSSR count). The molecule has 1 aliphatic rings. The van der Waals surface area contributed by atoms with Gasteiger partial charge in [0.25, 0.3) is 0 Å². The molecule has 0 saturated heterocycles. The molecule has 1 aliphatic carbocycles. The van der Waals surface area contributed by atoms with Gasteiger partial charge in [0, 0.05) is 0 Å². The molecular formula is C14H18O2. The Morgan fingerprint density at radius 3 is 2.31 bits per heavy atom. The number of hydrogen-bond donors (Lipinski definition) is 1. The van der Waals surface area contributed by atoms with Crippen LogP contribution in [-0.2, 0) is 11.2 Å².